The van der Waals surface area contributed by atoms with Crippen molar-refractivity contribution in [3.8, 4) is 67.5 Å². The molecule has 70 heavy (non-hydrogen) atoms. The first kappa shape index (κ1) is 39.8. The van der Waals surface area contributed by atoms with Gasteiger partial charge in [0.1, 0.15) is 11.6 Å². The van der Waals surface area contributed by atoms with Gasteiger partial charge in [-0.3, -0.25) is 9.13 Å². The summed E-state index contributed by atoms with van der Waals surface area (Å²) in [5.74, 6) is 1.84. The maximum Gasteiger partial charge on any atom is 0.145 e. The summed E-state index contributed by atoms with van der Waals surface area (Å²) >= 11 is 0. The van der Waals surface area contributed by atoms with Crippen molar-refractivity contribution >= 4 is 65.2 Å². The van der Waals surface area contributed by atoms with Crippen LogP contribution in [-0.4, -0.2) is 19.1 Å². The molecule has 2 heterocycles. The lowest BCUT2D eigenvalue weighted by atomic mass is 9.84. The summed E-state index contributed by atoms with van der Waals surface area (Å²) in [5.41, 5.74) is 15.4. The van der Waals surface area contributed by atoms with Crippen LogP contribution in [0.25, 0.3) is 133 Å². The lowest BCUT2D eigenvalue weighted by Crippen LogP contribution is -1.99. The topological polar surface area (TPSA) is 35.6 Å². The highest BCUT2D eigenvalue weighted by Gasteiger charge is 2.22. The number of imidazole rings is 2. The highest BCUT2D eigenvalue weighted by molar-refractivity contribution is 6.23. The van der Waals surface area contributed by atoms with E-state index in [1.165, 1.54) is 65.3 Å². The van der Waals surface area contributed by atoms with Crippen LogP contribution in [0.2, 0.25) is 0 Å². The Labute approximate surface area is 404 Å². The van der Waals surface area contributed by atoms with Crippen molar-refractivity contribution in [1.82, 2.24) is 19.1 Å². The summed E-state index contributed by atoms with van der Waals surface area (Å²) < 4.78 is 4.61. The molecule has 0 fully saturated rings. The summed E-state index contributed by atoms with van der Waals surface area (Å²) in [7, 11) is 0. The molecule has 14 rings (SSSR count). The fraction of sp³-hybridized carbons (Fsp3) is 0. The molecule has 14 aromatic rings. The molecule has 4 nitrogen and oxygen atoms in total. The van der Waals surface area contributed by atoms with E-state index in [1.54, 1.807) is 0 Å². The molecule has 0 saturated carbocycles. The van der Waals surface area contributed by atoms with Gasteiger partial charge in [-0.1, -0.05) is 188 Å². The standard InChI is InChI=1S/C66H42N4/c1-3-17-46(18-4-1)65-67-59-23-11-13-25-61(59)69(65)53-34-31-45(32-35-53)50-33-37-55-57(41-50)63(51-29-27-43-15-7-9-21-48(43)39-51)56-38-36-54(42-58(56)64(55)52-30-28-44-16-8-10-22-49(44)40-52)70-62-26-14-12-24-60(62)68-66(70)47-19-5-2-6-20-47/h1-42H. The zero-order valence-electron chi connectivity index (χ0n) is 38.0. The Morgan fingerprint density at radius 2 is 0.657 bits per heavy atom. The molecule has 0 N–H and O–H groups in total. The molecular weight excluding hydrogens is 849 g/mol. The maximum atomic E-state index is 5.25. The minimum Gasteiger partial charge on any atom is -0.292 e. The second-order valence-corrected chi connectivity index (χ2v) is 18.2. The number of aromatic nitrogens is 4. The number of nitrogens with zero attached hydrogens (tertiary/aromatic N) is 4. The minimum atomic E-state index is 0.914. The first-order chi connectivity index (χ1) is 34.7. The molecule has 0 radical (unpaired) electrons. The number of para-hydroxylation sites is 4. The van der Waals surface area contributed by atoms with Gasteiger partial charge in [-0.15, -0.1) is 0 Å². The van der Waals surface area contributed by atoms with Crippen LogP contribution in [0, 0.1) is 0 Å². The van der Waals surface area contributed by atoms with Crippen LogP contribution in [0.15, 0.2) is 255 Å². The Morgan fingerprint density at radius 3 is 1.21 bits per heavy atom. The molecule has 326 valence electrons. The van der Waals surface area contributed by atoms with E-state index in [4.69, 9.17) is 9.97 Å². The van der Waals surface area contributed by atoms with Crippen LogP contribution in [0.3, 0.4) is 0 Å². The van der Waals surface area contributed by atoms with Crippen LogP contribution in [0.1, 0.15) is 0 Å². The summed E-state index contributed by atoms with van der Waals surface area (Å²) in [6.45, 7) is 0. The predicted octanol–water partition coefficient (Wildman–Crippen LogP) is 17.3. The van der Waals surface area contributed by atoms with Gasteiger partial charge in [0.2, 0.25) is 0 Å². The summed E-state index contributed by atoms with van der Waals surface area (Å²) in [4.78, 5) is 10.4. The minimum absolute atomic E-state index is 0.914. The van der Waals surface area contributed by atoms with Crippen molar-refractivity contribution in [2.75, 3.05) is 0 Å². The number of hydrogen-bond acceptors (Lipinski definition) is 2. The largest absolute Gasteiger partial charge is 0.292 e. The van der Waals surface area contributed by atoms with Crippen molar-refractivity contribution in [3.05, 3.63) is 255 Å². The Kier molecular flexibility index (Phi) is 9.17. The molecule has 2 aromatic heterocycles. The zero-order valence-corrected chi connectivity index (χ0v) is 38.0. The van der Waals surface area contributed by atoms with E-state index >= 15 is 0 Å². The van der Waals surface area contributed by atoms with Gasteiger partial charge in [0, 0.05) is 22.5 Å². The molecular formula is C66H42N4. The van der Waals surface area contributed by atoms with Crippen molar-refractivity contribution in [2.45, 2.75) is 0 Å². The van der Waals surface area contributed by atoms with Crippen LogP contribution >= 0.6 is 0 Å². The van der Waals surface area contributed by atoms with E-state index in [1.807, 2.05) is 0 Å². The van der Waals surface area contributed by atoms with Gasteiger partial charge >= 0.3 is 0 Å². The third-order valence-electron chi connectivity index (χ3n) is 14.1. The smallest absolute Gasteiger partial charge is 0.145 e. The fourth-order valence-electron chi connectivity index (χ4n) is 10.8. The van der Waals surface area contributed by atoms with Gasteiger partial charge in [-0.05, 0) is 143 Å². The summed E-state index contributed by atoms with van der Waals surface area (Å²) in [5, 5.41) is 9.62. The molecule has 0 aliphatic rings. The number of rotatable bonds is 7. The normalized spacial score (nSPS) is 11.7. The molecule has 0 saturated heterocycles. The molecule has 0 aliphatic heterocycles. The fourth-order valence-corrected chi connectivity index (χ4v) is 10.8. The van der Waals surface area contributed by atoms with E-state index in [-0.39, 0.29) is 0 Å². The molecule has 0 unspecified atom stereocenters. The van der Waals surface area contributed by atoms with Gasteiger partial charge in [0.15, 0.2) is 0 Å². The molecule has 0 aliphatic carbocycles. The molecule has 12 aromatic carbocycles. The molecule has 0 bridgehead atoms. The molecule has 0 atom stereocenters. The summed E-state index contributed by atoms with van der Waals surface area (Å²) in [6, 6.07) is 92.2. The second-order valence-electron chi connectivity index (χ2n) is 18.2. The van der Waals surface area contributed by atoms with Gasteiger partial charge in [-0.25, -0.2) is 9.97 Å². The monoisotopic (exact) mass is 890 g/mol. The Morgan fingerprint density at radius 1 is 0.243 bits per heavy atom. The van der Waals surface area contributed by atoms with Crippen LogP contribution in [0.5, 0.6) is 0 Å². The van der Waals surface area contributed by atoms with Crippen LogP contribution in [0.4, 0.5) is 0 Å². The Balaban J connectivity index is 1.03. The van der Waals surface area contributed by atoms with Crippen molar-refractivity contribution in [2.24, 2.45) is 0 Å². The second kappa shape index (κ2) is 16.2. The maximum absolute atomic E-state index is 5.25. The molecule has 4 heteroatoms. The average molecular weight is 891 g/mol. The van der Waals surface area contributed by atoms with Crippen molar-refractivity contribution in [1.29, 1.82) is 0 Å². The highest BCUT2D eigenvalue weighted by atomic mass is 15.1. The zero-order chi connectivity index (χ0) is 46.1. The first-order valence-corrected chi connectivity index (χ1v) is 23.9. The lowest BCUT2D eigenvalue weighted by Gasteiger charge is -2.21. The van der Waals surface area contributed by atoms with Gasteiger partial charge in [-0.2, -0.15) is 0 Å². The Bertz CT molecular complexity index is 4340. The average Bonchev–Trinajstić information content (AvgIpc) is 4.02. The van der Waals surface area contributed by atoms with E-state index in [2.05, 4.69) is 264 Å². The van der Waals surface area contributed by atoms with Crippen molar-refractivity contribution in [3.63, 3.8) is 0 Å². The number of benzene rings is 12. The molecule has 0 spiro atoms. The Hall–Kier alpha value is -9.38. The van der Waals surface area contributed by atoms with Crippen molar-refractivity contribution < 1.29 is 0 Å². The predicted molar refractivity (Wildman–Crippen MR) is 293 cm³/mol. The van der Waals surface area contributed by atoms with Gasteiger partial charge < -0.3 is 0 Å². The van der Waals surface area contributed by atoms with E-state index < -0.39 is 0 Å². The van der Waals surface area contributed by atoms with E-state index in [0.717, 1.165) is 67.3 Å². The molecule has 0 amide bonds. The number of hydrogen-bond donors (Lipinski definition) is 0. The first-order valence-electron chi connectivity index (χ1n) is 23.9. The van der Waals surface area contributed by atoms with Gasteiger partial charge in [0.05, 0.1) is 22.1 Å². The SMILES string of the molecule is c1ccc(-c2nc3ccccc3n2-c2ccc(-c3ccc4c(-c5ccc6ccccc6c5)c5cc(-n6c(-c7ccccc7)nc7ccccc76)ccc5c(-c5ccc6ccccc6c5)c4c3)cc2)cc1. The van der Waals surface area contributed by atoms with E-state index in [9.17, 15) is 0 Å². The quantitative estimate of drug-likeness (QED) is 0.149. The van der Waals surface area contributed by atoms with E-state index in [0.29, 0.717) is 0 Å². The number of fused-ring (bicyclic) bond motifs is 6. The third-order valence-corrected chi connectivity index (χ3v) is 14.1. The third kappa shape index (κ3) is 6.53. The lowest BCUT2D eigenvalue weighted by molar-refractivity contribution is 1.10. The highest BCUT2D eigenvalue weighted by Crippen LogP contribution is 2.47. The van der Waals surface area contributed by atoms with Crippen LogP contribution in [-0.2, 0) is 0 Å². The van der Waals surface area contributed by atoms with Gasteiger partial charge in [0.25, 0.3) is 0 Å². The van der Waals surface area contributed by atoms with Crippen LogP contribution < -0.4 is 0 Å². The summed E-state index contributed by atoms with van der Waals surface area (Å²) in [6.07, 6.45) is 0.